The molecule has 2 aromatic carbocycles. The van der Waals surface area contributed by atoms with Gasteiger partial charge in [-0.1, -0.05) is 31.2 Å². The van der Waals surface area contributed by atoms with E-state index in [2.05, 4.69) is 5.32 Å². The van der Waals surface area contributed by atoms with Gasteiger partial charge in [-0.3, -0.25) is 4.79 Å². The Labute approximate surface area is 170 Å². The zero-order valence-electron chi connectivity index (χ0n) is 16.3. The number of sulfonamides is 1. The summed E-state index contributed by atoms with van der Waals surface area (Å²) in [5.74, 6) is 1.14. The summed E-state index contributed by atoms with van der Waals surface area (Å²) in [5.41, 5.74) is 0. The first-order chi connectivity index (χ1) is 13.4. The fourth-order valence-corrected chi connectivity index (χ4v) is 6.54. The largest absolute Gasteiger partial charge is 0.493 e. The zero-order valence-corrected chi connectivity index (χ0v) is 18.0. The fraction of sp³-hybridized carbons (Fsp3) is 0.450. The average molecular weight is 423 g/mol. The van der Waals surface area contributed by atoms with E-state index in [1.54, 1.807) is 18.2 Å². The maximum atomic E-state index is 13.5. The first-order valence-corrected chi connectivity index (χ1v) is 12.0. The summed E-state index contributed by atoms with van der Waals surface area (Å²) in [4.78, 5) is 12.9. The van der Waals surface area contributed by atoms with Crippen LogP contribution in [-0.2, 0) is 14.8 Å². The average Bonchev–Trinajstić information content (AvgIpc) is 3.19. The predicted octanol–water partition coefficient (Wildman–Crippen LogP) is 3.22. The zero-order chi connectivity index (χ0) is 20.3. The Morgan fingerprint density at radius 2 is 1.96 bits per heavy atom. The lowest BCUT2D eigenvalue weighted by molar-refractivity contribution is -0.124. The van der Waals surface area contributed by atoms with Crippen molar-refractivity contribution in [3.8, 4) is 5.75 Å². The molecule has 152 valence electrons. The van der Waals surface area contributed by atoms with E-state index in [4.69, 9.17) is 4.74 Å². The van der Waals surface area contributed by atoms with Gasteiger partial charge in [-0.15, -0.1) is 11.8 Å². The van der Waals surface area contributed by atoms with E-state index < -0.39 is 16.1 Å². The number of carbonyl (C=O) groups is 1. The van der Waals surface area contributed by atoms with Crippen LogP contribution in [0.1, 0.15) is 27.2 Å². The van der Waals surface area contributed by atoms with Crippen LogP contribution in [0.2, 0.25) is 0 Å². The standard InChI is InChI=1S/C20H26N2O4S2/c1-4-14(3)21-20(23)17-12-27-13-22(17)28(24,25)19-11-10-18(26-5-2)15-8-6-7-9-16(15)19/h6-11,14,17H,4-5,12-13H2,1-3H3,(H,21,23). The summed E-state index contributed by atoms with van der Waals surface area (Å²) >= 11 is 1.45. The van der Waals surface area contributed by atoms with Crippen molar-refractivity contribution >= 4 is 38.5 Å². The van der Waals surface area contributed by atoms with Crippen LogP contribution in [0.4, 0.5) is 0 Å². The van der Waals surface area contributed by atoms with E-state index in [0.29, 0.717) is 23.5 Å². The molecule has 1 heterocycles. The number of nitrogens with zero attached hydrogens (tertiary/aromatic N) is 1. The van der Waals surface area contributed by atoms with Gasteiger partial charge in [0.1, 0.15) is 11.8 Å². The van der Waals surface area contributed by atoms with E-state index in [0.717, 1.165) is 11.8 Å². The normalized spacial score (nSPS) is 18.9. The van der Waals surface area contributed by atoms with Crippen LogP contribution in [0.25, 0.3) is 10.8 Å². The lowest BCUT2D eigenvalue weighted by Gasteiger charge is -2.25. The van der Waals surface area contributed by atoms with Crippen molar-refractivity contribution in [1.82, 2.24) is 9.62 Å². The second kappa shape index (κ2) is 8.71. The summed E-state index contributed by atoms with van der Waals surface area (Å²) in [7, 11) is -3.84. The molecule has 0 aliphatic carbocycles. The van der Waals surface area contributed by atoms with E-state index in [1.807, 2.05) is 39.0 Å². The highest BCUT2D eigenvalue weighted by Gasteiger charge is 2.40. The SMILES string of the molecule is CCOc1ccc(S(=O)(=O)N2CSCC2C(=O)NC(C)CC)c2ccccc12. The minimum atomic E-state index is -3.84. The number of ether oxygens (including phenoxy) is 1. The lowest BCUT2D eigenvalue weighted by Crippen LogP contribution is -2.49. The van der Waals surface area contributed by atoms with Gasteiger partial charge in [0.25, 0.3) is 0 Å². The second-order valence-corrected chi connectivity index (χ2v) is 9.62. The molecule has 0 saturated carbocycles. The summed E-state index contributed by atoms with van der Waals surface area (Å²) in [6.07, 6.45) is 0.794. The van der Waals surface area contributed by atoms with Crippen molar-refractivity contribution < 1.29 is 17.9 Å². The van der Waals surface area contributed by atoms with Gasteiger partial charge < -0.3 is 10.1 Å². The number of amides is 1. The van der Waals surface area contributed by atoms with Gasteiger partial charge >= 0.3 is 0 Å². The molecule has 0 spiro atoms. The van der Waals surface area contributed by atoms with Crippen LogP contribution in [-0.4, -0.2) is 49.0 Å². The maximum Gasteiger partial charge on any atom is 0.245 e. The Hall–Kier alpha value is -1.77. The lowest BCUT2D eigenvalue weighted by atomic mass is 10.1. The topological polar surface area (TPSA) is 75.7 Å². The molecule has 1 aliphatic heterocycles. The summed E-state index contributed by atoms with van der Waals surface area (Å²) in [5, 5.41) is 4.26. The molecule has 1 saturated heterocycles. The highest BCUT2D eigenvalue weighted by atomic mass is 32.2. The minimum Gasteiger partial charge on any atom is -0.493 e. The molecule has 8 heteroatoms. The number of hydrogen-bond donors (Lipinski definition) is 1. The quantitative estimate of drug-likeness (QED) is 0.741. The van der Waals surface area contributed by atoms with Crippen LogP contribution in [0, 0.1) is 0 Å². The number of benzene rings is 2. The summed E-state index contributed by atoms with van der Waals surface area (Å²) < 4.78 is 33.9. The number of hydrogen-bond acceptors (Lipinski definition) is 5. The van der Waals surface area contributed by atoms with Gasteiger partial charge in [-0.2, -0.15) is 4.31 Å². The first-order valence-electron chi connectivity index (χ1n) is 9.44. The highest BCUT2D eigenvalue weighted by molar-refractivity contribution is 8.00. The Balaban J connectivity index is 2.01. The highest BCUT2D eigenvalue weighted by Crippen LogP contribution is 2.35. The smallest absolute Gasteiger partial charge is 0.245 e. The van der Waals surface area contributed by atoms with Gasteiger partial charge in [0.2, 0.25) is 15.9 Å². The van der Waals surface area contributed by atoms with Gasteiger partial charge in [0, 0.05) is 22.6 Å². The number of rotatable bonds is 7. The van der Waals surface area contributed by atoms with Crippen molar-refractivity contribution in [2.45, 2.75) is 44.2 Å². The van der Waals surface area contributed by atoms with Crippen molar-refractivity contribution in [3.63, 3.8) is 0 Å². The van der Waals surface area contributed by atoms with Gasteiger partial charge in [0.15, 0.2) is 0 Å². The summed E-state index contributed by atoms with van der Waals surface area (Å²) in [6, 6.07) is 9.88. The summed E-state index contributed by atoms with van der Waals surface area (Å²) in [6.45, 7) is 6.28. The maximum absolute atomic E-state index is 13.5. The molecule has 1 amide bonds. The Morgan fingerprint density at radius 1 is 1.25 bits per heavy atom. The van der Waals surface area contributed by atoms with Crippen molar-refractivity contribution in [2.24, 2.45) is 0 Å². The molecule has 2 unspecified atom stereocenters. The molecular weight excluding hydrogens is 396 g/mol. The van der Waals surface area contributed by atoms with E-state index >= 15 is 0 Å². The van der Waals surface area contributed by atoms with Crippen molar-refractivity contribution in [2.75, 3.05) is 18.2 Å². The minimum absolute atomic E-state index is 0.00830. The Kier molecular flexibility index (Phi) is 6.52. The monoisotopic (exact) mass is 422 g/mol. The molecule has 2 aromatic rings. The Morgan fingerprint density at radius 3 is 2.64 bits per heavy atom. The number of carbonyl (C=O) groups excluding carboxylic acids is 1. The van der Waals surface area contributed by atoms with Crippen LogP contribution < -0.4 is 10.1 Å². The first kappa shape index (κ1) is 21.0. The molecule has 6 nitrogen and oxygen atoms in total. The van der Waals surface area contributed by atoms with Crippen LogP contribution in [0.15, 0.2) is 41.3 Å². The van der Waals surface area contributed by atoms with Crippen molar-refractivity contribution in [3.05, 3.63) is 36.4 Å². The third-order valence-corrected chi connectivity index (χ3v) is 7.96. The van der Waals surface area contributed by atoms with Crippen LogP contribution in [0.3, 0.4) is 0 Å². The third kappa shape index (κ3) is 3.99. The van der Waals surface area contributed by atoms with E-state index in [1.165, 1.54) is 16.1 Å². The molecule has 1 N–H and O–H groups in total. The molecule has 0 bridgehead atoms. The van der Waals surface area contributed by atoms with Gasteiger partial charge in [-0.05, 0) is 32.4 Å². The molecule has 28 heavy (non-hydrogen) atoms. The Bertz CT molecular complexity index is 962. The predicted molar refractivity (Wildman–Crippen MR) is 113 cm³/mol. The molecule has 1 aliphatic rings. The molecule has 1 fully saturated rings. The number of fused-ring (bicyclic) bond motifs is 1. The van der Waals surface area contributed by atoms with Crippen molar-refractivity contribution in [1.29, 1.82) is 0 Å². The number of nitrogens with one attached hydrogen (secondary N) is 1. The number of thioether (sulfide) groups is 1. The molecule has 0 aromatic heterocycles. The van der Waals surface area contributed by atoms with E-state index in [9.17, 15) is 13.2 Å². The third-order valence-electron chi connectivity index (χ3n) is 4.88. The van der Waals surface area contributed by atoms with Crippen LogP contribution in [0.5, 0.6) is 5.75 Å². The molecular formula is C20H26N2O4S2. The van der Waals surface area contributed by atoms with Gasteiger partial charge in [-0.25, -0.2) is 8.42 Å². The molecule has 3 rings (SSSR count). The molecule has 2 atom stereocenters. The molecule has 0 radical (unpaired) electrons. The second-order valence-electron chi connectivity index (χ2n) is 6.77. The van der Waals surface area contributed by atoms with Crippen LogP contribution >= 0.6 is 11.8 Å². The van der Waals surface area contributed by atoms with E-state index in [-0.39, 0.29) is 22.7 Å². The van der Waals surface area contributed by atoms with Gasteiger partial charge in [0.05, 0.1) is 17.4 Å². The fourth-order valence-electron chi connectivity index (χ4n) is 3.19.